The smallest absolute Gasteiger partial charge is 0.416 e. The fourth-order valence-electron chi connectivity index (χ4n) is 4.16. The lowest BCUT2D eigenvalue weighted by atomic mass is 9.98. The highest BCUT2D eigenvalue weighted by molar-refractivity contribution is 7.91. The Balaban J connectivity index is 1.71. The van der Waals surface area contributed by atoms with Crippen LogP contribution in [0.25, 0.3) is 0 Å². The number of halogens is 5. The number of ether oxygens (including phenoxy) is 2. The van der Waals surface area contributed by atoms with E-state index < -0.39 is 49.6 Å². The van der Waals surface area contributed by atoms with Gasteiger partial charge in [-0.3, -0.25) is 4.79 Å². The second kappa shape index (κ2) is 10.8. The zero-order valence-corrected chi connectivity index (χ0v) is 21.1. The van der Waals surface area contributed by atoms with E-state index >= 15 is 0 Å². The first-order chi connectivity index (χ1) is 17.9. The summed E-state index contributed by atoms with van der Waals surface area (Å²) in [6, 6.07) is 11.8. The number of aliphatic carboxylic acids is 1. The van der Waals surface area contributed by atoms with Crippen molar-refractivity contribution in [1.82, 2.24) is 0 Å². The average molecular weight is 573 g/mol. The quantitative estimate of drug-likeness (QED) is 0.306. The molecule has 0 radical (unpaired) electrons. The van der Waals surface area contributed by atoms with Gasteiger partial charge in [0.05, 0.1) is 20.7 Å². The summed E-state index contributed by atoms with van der Waals surface area (Å²) in [5.74, 6) is -1.42. The summed E-state index contributed by atoms with van der Waals surface area (Å²) in [6.07, 6.45) is -6.05. The van der Waals surface area contributed by atoms with Crippen molar-refractivity contribution in [2.75, 3.05) is 0 Å². The van der Waals surface area contributed by atoms with Gasteiger partial charge in [0.15, 0.2) is 9.84 Å². The van der Waals surface area contributed by atoms with Crippen molar-refractivity contribution in [3.63, 3.8) is 0 Å². The van der Waals surface area contributed by atoms with Crippen molar-refractivity contribution in [3.8, 4) is 11.5 Å². The topological polar surface area (TPSA) is 89.9 Å². The van der Waals surface area contributed by atoms with E-state index in [0.29, 0.717) is 6.07 Å². The lowest BCUT2D eigenvalue weighted by Crippen LogP contribution is -2.30. The molecule has 1 aliphatic rings. The van der Waals surface area contributed by atoms with E-state index in [4.69, 9.17) is 26.2 Å². The first kappa shape index (κ1) is 27.7. The normalized spacial score (nSPS) is 17.4. The Labute approximate surface area is 220 Å². The fraction of sp³-hybridized carbons (Fsp3) is 0.269. The number of carboxylic acids is 1. The minimum absolute atomic E-state index is 0.00653. The van der Waals surface area contributed by atoms with E-state index in [9.17, 15) is 30.8 Å². The summed E-state index contributed by atoms with van der Waals surface area (Å²) in [5.41, 5.74) is -0.900. The van der Waals surface area contributed by atoms with Gasteiger partial charge in [0, 0.05) is 24.0 Å². The summed E-state index contributed by atoms with van der Waals surface area (Å²) in [6.45, 7) is -0.266. The molecule has 0 saturated heterocycles. The standard InChI is InChI=1S/C26H21ClF4O6S/c27-21-5-2-6-22(28)20(21)14-36-16-7-9-23-19(12-16)24(13-17(37-23)8-10-25(32)33)38(34,35)18-4-1-3-15(11-18)26(29,30)31/h1-7,9,11-12,17,24H,8,10,13-14H2,(H,32,33). The molecule has 0 aromatic heterocycles. The molecule has 3 aromatic carbocycles. The SMILES string of the molecule is O=C(O)CCC1CC(S(=O)(=O)c2cccc(C(F)(F)F)c2)c2cc(OCc3c(F)cccc3Cl)ccc2O1. The third kappa shape index (κ3) is 6.05. The van der Waals surface area contributed by atoms with Crippen LogP contribution in [-0.2, 0) is 27.4 Å². The molecule has 1 heterocycles. The number of rotatable bonds is 8. The molecule has 6 nitrogen and oxygen atoms in total. The van der Waals surface area contributed by atoms with Gasteiger partial charge in [-0.15, -0.1) is 0 Å². The summed E-state index contributed by atoms with van der Waals surface area (Å²) < 4.78 is 92.8. The molecule has 0 fully saturated rings. The molecule has 2 atom stereocenters. The third-order valence-electron chi connectivity index (χ3n) is 6.09. The number of fused-ring (bicyclic) bond motifs is 1. The molecule has 1 N–H and O–H groups in total. The molecule has 0 bridgehead atoms. The number of carbonyl (C=O) groups is 1. The van der Waals surface area contributed by atoms with Gasteiger partial charge >= 0.3 is 12.1 Å². The summed E-state index contributed by atoms with van der Waals surface area (Å²) in [4.78, 5) is 10.5. The van der Waals surface area contributed by atoms with Gasteiger partial charge in [0.2, 0.25) is 0 Å². The van der Waals surface area contributed by atoms with E-state index in [0.717, 1.165) is 18.2 Å². The van der Waals surface area contributed by atoms with Crippen LogP contribution in [-0.4, -0.2) is 25.6 Å². The molecule has 4 rings (SSSR count). The molecule has 38 heavy (non-hydrogen) atoms. The zero-order valence-electron chi connectivity index (χ0n) is 19.5. The van der Waals surface area contributed by atoms with Gasteiger partial charge in [-0.1, -0.05) is 23.7 Å². The molecule has 0 aliphatic carbocycles. The Kier molecular flexibility index (Phi) is 7.89. The maximum atomic E-state index is 14.1. The van der Waals surface area contributed by atoms with Crippen molar-refractivity contribution in [2.24, 2.45) is 0 Å². The van der Waals surface area contributed by atoms with Crippen LogP contribution >= 0.6 is 11.6 Å². The first-order valence-corrected chi connectivity index (χ1v) is 13.3. The van der Waals surface area contributed by atoms with Crippen LogP contribution in [0.4, 0.5) is 17.6 Å². The van der Waals surface area contributed by atoms with E-state index in [1.807, 2.05) is 0 Å². The number of benzene rings is 3. The van der Waals surface area contributed by atoms with Gasteiger partial charge < -0.3 is 14.6 Å². The molecule has 12 heteroatoms. The highest BCUT2D eigenvalue weighted by Gasteiger charge is 2.40. The Hall–Kier alpha value is -3.31. The molecule has 2 unspecified atom stereocenters. The molecular weight excluding hydrogens is 552 g/mol. The van der Waals surface area contributed by atoms with Crippen LogP contribution in [0.5, 0.6) is 11.5 Å². The van der Waals surface area contributed by atoms with E-state index in [2.05, 4.69) is 0 Å². The molecule has 0 amide bonds. The van der Waals surface area contributed by atoms with Crippen molar-refractivity contribution in [3.05, 3.63) is 88.2 Å². The van der Waals surface area contributed by atoms with Gasteiger partial charge in [-0.25, -0.2) is 12.8 Å². The lowest BCUT2D eigenvalue weighted by molar-refractivity contribution is -0.138. The maximum Gasteiger partial charge on any atom is 0.416 e. The summed E-state index contributed by atoms with van der Waals surface area (Å²) in [5, 5.41) is 7.83. The van der Waals surface area contributed by atoms with Crippen molar-refractivity contribution >= 4 is 27.4 Å². The largest absolute Gasteiger partial charge is 0.490 e. The predicted molar refractivity (Wildman–Crippen MR) is 129 cm³/mol. The van der Waals surface area contributed by atoms with Crippen LogP contribution < -0.4 is 9.47 Å². The van der Waals surface area contributed by atoms with Gasteiger partial charge in [-0.2, -0.15) is 13.2 Å². The van der Waals surface area contributed by atoms with Crippen LogP contribution in [0.2, 0.25) is 5.02 Å². The minimum Gasteiger partial charge on any atom is -0.490 e. The third-order valence-corrected chi connectivity index (χ3v) is 8.55. The molecular formula is C26H21ClF4O6S. The Morgan fingerprint density at radius 2 is 1.84 bits per heavy atom. The maximum absolute atomic E-state index is 14.1. The van der Waals surface area contributed by atoms with Gasteiger partial charge in [-0.05, 0) is 55.0 Å². The number of hydrogen-bond donors (Lipinski definition) is 1. The van der Waals surface area contributed by atoms with Gasteiger partial charge in [0.1, 0.15) is 30.0 Å². The summed E-state index contributed by atoms with van der Waals surface area (Å²) >= 11 is 6.03. The first-order valence-electron chi connectivity index (χ1n) is 11.4. The number of sulfone groups is 1. The van der Waals surface area contributed by atoms with Crippen molar-refractivity contribution in [2.45, 2.75) is 48.3 Å². The number of carboxylic acid groups (broad SMARTS) is 1. The van der Waals surface area contributed by atoms with Crippen LogP contribution in [0.3, 0.4) is 0 Å². The van der Waals surface area contributed by atoms with Crippen LogP contribution in [0.1, 0.15) is 41.2 Å². The second-order valence-electron chi connectivity index (χ2n) is 8.66. The predicted octanol–water partition coefficient (Wildman–Crippen LogP) is 6.61. The van der Waals surface area contributed by atoms with Crippen molar-refractivity contribution in [1.29, 1.82) is 0 Å². The molecule has 0 saturated carbocycles. The number of hydrogen-bond acceptors (Lipinski definition) is 5. The lowest BCUT2D eigenvalue weighted by Gasteiger charge is -2.32. The molecule has 202 valence electrons. The molecule has 0 spiro atoms. The van der Waals surface area contributed by atoms with Crippen LogP contribution in [0.15, 0.2) is 65.6 Å². The van der Waals surface area contributed by atoms with Crippen LogP contribution in [0, 0.1) is 5.82 Å². The highest BCUT2D eigenvalue weighted by Crippen LogP contribution is 2.45. The number of alkyl halides is 3. The molecule has 3 aromatic rings. The van der Waals surface area contributed by atoms with E-state index in [-0.39, 0.29) is 53.5 Å². The monoisotopic (exact) mass is 572 g/mol. The van der Waals surface area contributed by atoms with E-state index in [1.54, 1.807) is 0 Å². The van der Waals surface area contributed by atoms with Gasteiger partial charge in [0.25, 0.3) is 0 Å². The second-order valence-corrected chi connectivity index (χ2v) is 11.2. The zero-order chi connectivity index (χ0) is 27.7. The Morgan fingerprint density at radius 3 is 2.53 bits per heavy atom. The summed E-state index contributed by atoms with van der Waals surface area (Å²) in [7, 11) is -4.39. The average Bonchev–Trinajstić information content (AvgIpc) is 2.86. The van der Waals surface area contributed by atoms with Crippen molar-refractivity contribution < 1.29 is 45.4 Å². The Bertz CT molecular complexity index is 1440. The highest BCUT2D eigenvalue weighted by atomic mass is 35.5. The minimum atomic E-state index is -4.75. The fourth-order valence-corrected chi connectivity index (χ4v) is 6.26. The molecule has 1 aliphatic heterocycles. The Morgan fingerprint density at radius 1 is 1.11 bits per heavy atom. The van der Waals surface area contributed by atoms with E-state index in [1.165, 1.54) is 36.4 Å².